The molecule has 0 saturated carbocycles. The Hall–Kier alpha value is -5.00. The van der Waals surface area contributed by atoms with Crippen molar-refractivity contribution in [2.24, 2.45) is 7.05 Å². The third-order valence-corrected chi connectivity index (χ3v) is 10.6. The smallest absolute Gasteiger partial charge is 0.231 e. The number of likely N-dealkylation sites (N-methyl/N-ethyl adjacent to an activating group) is 1. The molecular weight excluding hydrogens is 625 g/mol. The van der Waals surface area contributed by atoms with Crippen molar-refractivity contribution >= 4 is 63.3 Å². The topological polar surface area (TPSA) is 142 Å². The fraction of sp³-hybridized carbons (Fsp3) is 0.324. The van der Waals surface area contributed by atoms with E-state index in [4.69, 9.17) is 14.7 Å². The molecule has 14 heteroatoms. The van der Waals surface area contributed by atoms with Crippen LogP contribution in [0.2, 0.25) is 0 Å². The first kappa shape index (κ1) is 30.3. The summed E-state index contributed by atoms with van der Waals surface area (Å²) in [6.45, 7) is 8.01. The lowest BCUT2D eigenvalue weighted by Gasteiger charge is -2.38. The third-order valence-electron chi connectivity index (χ3n) is 9.07. The molecule has 0 radical (unpaired) electrons. The van der Waals surface area contributed by atoms with E-state index in [9.17, 15) is 4.57 Å². The van der Waals surface area contributed by atoms with Gasteiger partial charge in [-0.3, -0.25) is 14.6 Å². The van der Waals surface area contributed by atoms with Gasteiger partial charge in [-0.2, -0.15) is 15.1 Å². The summed E-state index contributed by atoms with van der Waals surface area (Å²) in [4.78, 5) is 26.9. The fourth-order valence-electron chi connectivity index (χ4n) is 6.80. The Balaban J connectivity index is 1.24. The van der Waals surface area contributed by atoms with Gasteiger partial charge in [0, 0.05) is 74.7 Å². The Morgan fingerprint density at radius 2 is 1.81 bits per heavy atom. The number of nitrogens with zero attached hydrogens (tertiary/aromatic N) is 8. The summed E-state index contributed by atoms with van der Waals surface area (Å²) in [5, 5.41) is 13.0. The standard InChI is InChI=1S/C34H38N11O2P/c1-43-13-15-45(16-14-43)29-22-6-5-17-47-30(22)27(18-24(29)21-19-38-44(2)20-21)40-34-41-32-23(9-10-37-32)33(42-34)39-26-8-7-25-28(36-12-11-35-25)31(26)48(3,4)46/h7-12,18-20H,5-6,13-17H2,1-4H3,(H3,37,39,40,41,42). The van der Waals surface area contributed by atoms with Crippen molar-refractivity contribution in [3.05, 3.63) is 60.8 Å². The van der Waals surface area contributed by atoms with Crippen molar-refractivity contribution in [2.45, 2.75) is 12.8 Å². The maximum absolute atomic E-state index is 13.6. The number of anilines is 5. The number of aryl methyl sites for hydroxylation is 1. The average Bonchev–Trinajstić information content (AvgIpc) is 3.74. The van der Waals surface area contributed by atoms with Crippen molar-refractivity contribution < 1.29 is 9.30 Å². The number of benzene rings is 2. The molecule has 2 aliphatic heterocycles. The summed E-state index contributed by atoms with van der Waals surface area (Å²) in [7, 11) is 1.34. The van der Waals surface area contributed by atoms with E-state index < -0.39 is 7.14 Å². The van der Waals surface area contributed by atoms with E-state index >= 15 is 0 Å². The SMILES string of the molecule is CN1CCN(c2c(-c3cnn(C)c3)cc(Nc3nc(Nc4ccc5nccnc5c4P(C)(C)=O)c4cc[nH]c4n3)c3c2CCCO3)CC1. The highest BCUT2D eigenvalue weighted by molar-refractivity contribution is 7.71. The molecule has 48 heavy (non-hydrogen) atoms. The molecule has 13 nitrogen and oxygen atoms in total. The van der Waals surface area contributed by atoms with Crippen LogP contribution >= 0.6 is 7.14 Å². The van der Waals surface area contributed by atoms with Crippen LogP contribution in [-0.2, 0) is 18.0 Å². The van der Waals surface area contributed by atoms with E-state index in [1.165, 1.54) is 11.3 Å². The molecule has 246 valence electrons. The number of hydrogen-bond donors (Lipinski definition) is 3. The van der Waals surface area contributed by atoms with Crippen molar-refractivity contribution in [3.63, 3.8) is 0 Å². The first-order valence-corrected chi connectivity index (χ1v) is 18.8. The van der Waals surface area contributed by atoms with E-state index in [0.717, 1.165) is 67.0 Å². The number of piperazine rings is 1. The highest BCUT2D eigenvalue weighted by Gasteiger charge is 2.29. The van der Waals surface area contributed by atoms with Gasteiger partial charge in [0.05, 0.1) is 46.1 Å². The van der Waals surface area contributed by atoms with Crippen LogP contribution in [-0.4, -0.2) is 92.8 Å². The maximum Gasteiger partial charge on any atom is 0.231 e. The molecule has 2 aromatic carbocycles. The summed E-state index contributed by atoms with van der Waals surface area (Å²) in [5.74, 6) is 1.80. The number of aromatic amines is 1. The molecule has 3 N–H and O–H groups in total. The second-order valence-electron chi connectivity index (χ2n) is 12.9. The van der Waals surface area contributed by atoms with Gasteiger partial charge in [-0.15, -0.1) is 0 Å². The van der Waals surface area contributed by atoms with Crippen LogP contribution in [0, 0.1) is 0 Å². The van der Waals surface area contributed by atoms with Gasteiger partial charge >= 0.3 is 0 Å². The van der Waals surface area contributed by atoms with Gasteiger partial charge < -0.3 is 34.7 Å². The highest BCUT2D eigenvalue weighted by atomic mass is 31.2. The second-order valence-corrected chi connectivity index (χ2v) is 16.0. The first-order valence-electron chi connectivity index (χ1n) is 16.2. The van der Waals surface area contributed by atoms with Gasteiger partial charge in [0.25, 0.3) is 0 Å². The summed E-state index contributed by atoms with van der Waals surface area (Å²) in [6, 6.07) is 7.84. The second kappa shape index (κ2) is 11.9. The zero-order valence-electron chi connectivity index (χ0n) is 27.5. The zero-order chi connectivity index (χ0) is 33.0. The van der Waals surface area contributed by atoms with E-state index in [2.05, 4.69) is 59.8 Å². The molecule has 8 rings (SSSR count). The molecule has 0 unspecified atom stereocenters. The monoisotopic (exact) mass is 663 g/mol. The predicted octanol–water partition coefficient (Wildman–Crippen LogP) is 5.11. The Labute approximate surface area is 278 Å². The highest BCUT2D eigenvalue weighted by Crippen LogP contribution is 2.47. The maximum atomic E-state index is 13.6. The molecule has 6 heterocycles. The Morgan fingerprint density at radius 3 is 2.60 bits per heavy atom. The van der Waals surface area contributed by atoms with Crippen molar-refractivity contribution in [1.29, 1.82) is 0 Å². The summed E-state index contributed by atoms with van der Waals surface area (Å²) in [6.07, 6.45) is 10.9. The minimum absolute atomic E-state index is 0.395. The minimum Gasteiger partial charge on any atom is -0.491 e. The molecule has 4 aromatic heterocycles. The van der Waals surface area contributed by atoms with Crippen LogP contribution in [0.5, 0.6) is 5.75 Å². The molecule has 0 atom stereocenters. The lowest BCUT2D eigenvalue weighted by atomic mass is 9.94. The summed E-state index contributed by atoms with van der Waals surface area (Å²) >= 11 is 0. The molecule has 0 spiro atoms. The van der Waals surface area contributed by atoms with Gasteiger partial charge in [0.2, 0.25) is 5.95 Å². The van der Waals surface area contributed by atoms with Crippen molar-refractivity contribution in [1.82, 2.24) is 39.6 Å². The van der Waals surface area contributed by atoms with Crippen LogP contribution in [0.15, 0.2) is 55.2 Å². The Morgan fingerprint density at radius 1 is 0.979 bits per heavy atom. The summed E-state index contributed by atoms with van der Waals surface area (Å²) < 4.78 is 21.9. The fourth-order valence-corrected chi connectivity index (χ4v) is 8.20. The predicted molar refractivity (Wildman–Crippen MR) is 191 cm³/mol. The zero-order valence-corrected chi connectivity index (χ0v) is 28.4. The van der Waals surface area contributed by atoms with Crippen LogP contribution in [0.25, 0.3) is 33.2 Å². The molecular formula is C34H38N11O2P. The number of ether oxygens (including phenoxy) is 1. The molecule has 2 aliphatic rings. The lowest BCUT2D eigenvalue weighted by molar-refractivity contribution is 0.288. The molecule has 0 amide bonds. The lowest BCUT2D eigenvalue weighted by Crippen LogP contribution is -2.45. The number of rotatable bonds is 7. The molecule has 0 bridgehead atoms. The summed E-state index contributed by atoms with van der Waals surface area (Å²) in [5.41, 5.74) is 7.97. The van der Waals surface area contributed by atoms with Gasteiger partial charge in [-0.1, -0.05) is 0 Å². The Kier molecular flexibility index (Phi) is 7.53. The number of fused-ring (bicyclic) bond motifs is 3. The molecule has 1 fully saturated rings. The molecule has 0 aliphatic carbocycles. The van der Waals surface area contributed by atoms with E-state index in [1.807, 2.05) is 42.3 Å². The van der Waals surface area contributed by atoms with Gasteiger partial charge in [-0.25, -0.2) is 0 Å². The molecule has 6 aromatic rings. The van der Waals surface area contributed by atoms with E-state index in [1.54, 1.807) is 25.7 Å². The number of aromatic nitrogens is 7. The van der Waals surface area contributed by atoms with Crippen LogP contribution < -0.4 is 25.6 Å². The number of hydrogen-bond acceptors (Lipinski definition) is 11. The van der Waals surface area contributed by atoms with Crippen LogP contribution in [0.4, 0.5) is 28.8 Å². The van der Waals surface area contributed by atoms with Crippen molar-refractivity contribution in [2.75, 3.05) is 68.7 Å². The third kappa shape index (κ3) is 5.52. The normalized spacial score (nSPS) is 15.5. The van der Waals surface area contributed by atoms with Gasteiger partial charge in [-0.05, 0) is 57.5 Å². The van der Waals surface area contributed by atoms with E-state index in [-0.39, 0.29) is 0 Å². The van der Waals surface area contributed by atoms with Crippen LogP contribution in [0.1, 0.15) is 12.0 Å². The first-order chi connectivity index (χ1) is 23.2. The van der Waals surface area contributed by atoms with Crippen molar-refractivity contribution in [3.8, 4) is 16.9 Å². The largest absolute Gasteiger partial charge is 0.491 e. The molecule has 1 saturated heterocycles. The number of H-pyrrole nitrogens is 1. The Bertz CT molecular complexity index is 2210. The quantitative estimate of drug-likeness (QED) is 0.196. The van der Waals surface area contributed by atoms with Crippen LogP contribution in [0.3, 0.4) is 0 Å². The minimum atomic E-state index is -2.78. The average molecular weight is 664 g/mol. The van der Waals surface area contributed by atoms with Gasteiger partial charge in [0.15, 0.2) is 0 Å². The van der Waals surface area contributed by atoms with E-state index in [0.29, 0.717) is 46.0 Å². The van der Waals surface area contributed by atoms with Gasteiger partial charge in [0.1, 0.15) is 29.9 Å². The number of nitrogens with one attached hydrogen (secondary N) is 3.